The fraction of sp³-hybridized carbons (Fsp3) is 0.538. The molecule has 1 fully saturated rings. The van der Waals surface area contributed by atoms with Crippen molar-refractivity contribution in [1.29, 1.82) is 0 Å². The fourth-order valence-corrected chi connectivity index (χ4v) is 3.24. The minimum absolute atomic E-state index is 0.0872. The number of sulfonamides is 1. The predicted octanol–water partition coefficient (Wildman–Crippen LogP) is 2.10. The molecule has 0 radical (unpaired) electrons. The van der Waals surface area contributed by atoms with Gasteiger partial charge in [0.1, 0.15) is 0 Å². The lowest BCUT2D eigenvalue weighted by atomic mass is 10.2. The summed E-state index contributed by atoms with van der Waals surface area (Å²) in [5.41, 5.74) is -1.01. The normalized spacial score (nSPS) is 18.0. The minimum atomic E-state index is -4.60. The summed E-state index contributed by atoms with van der Waals surface area (Å²) in [4.78, 5) is -0.428. The fourth-order valence-electron chi connectivity index (χ4n) is 2.00. The van der Waals surface area contributed by atoms with E-state index in [9.17, 15) is 26.7 Å². The zero-order valence-electron chi connectivity index (χ0n) is 11.3. The number of nitrogens with zero attached hydrogens (tertiary/aromatic N) is 1. The molecule has 1 saturated carbocycles. The summed E-state index contributed by atoms with van der Waals surface area (Å²) in [6.45, 7) is -0.122. The molecule has 8 heteroatoms. The zero-order valence-corrected chi connectivity index (χ0v) is 12.2. The molecular weight excluding hydrogens is 307 g/mol. The molecule has 21 heavy (non-hydrogen) atoms. The molecule has 0 aromatic heterocycles. The first-order valence-electron chi connectivity index (χ1n) is 6.44. The maximum Gasteiger partial charge on any atom is 0.416 e. The molecule has 1 aliphatic carbocycles. The molecule has 0 unspecified atom stereocenters. The van der Waals surface area contributed by atoms with Gasteiger partial charge >= 0.3 is 6.18 Å². The van der Waals surface area contributed by atoms with Crippen molar-refractivity contribution in [1.82, 2.24) is 4.31 Å². The zero-order chi connectivity index (χ0) is 15.8. The number of halogens is 3. The van der Waals surface area contributed by atoms with E-state index in [1.54, 1.807) is 0 Å². The lowest BCUT2D eigenvalue weighted by Crippen LogP contribution is -2.35. The van der Waals surface area contributed by atoms with Gasteiger partial charge in [-0.05, 0) is 37.0 Å². The van der Waals surface area contributed by atoms with Crippen molar-refractivity contribution in [2.24, 2.45) is 5.92 Å². The first-order chi connectivity index (χ1) is 9.62. The number of rotatable bonds is 5. The van der Waals surface area contributed by atoms with E-state index in [0.717, 1.165) is 35.3 Å². The van der Waals surface area contributed by atoms with Crippen molar-refractivity contribution in [2.75, 3.05) is 13.6 Å². The van der Waals surface area contributed by atoms with E-state index >= 15 is 0 Å². The maximum atomic E-state index is 12.6. The molecular formula is C13H16F3NO3S. The van der Waals surface area contributed by atoms with Crippen LogP contribution in [0.4, 0.5) is 13.2 Å². The third-order valence-corrected chi connectivity index (χ3v) is 5.30. The van der Waals surface area contributed by atoms with Crippen molar-refractivity contribution >= 4 is 10.0 Å². The van der Waals surface area contributed by atoms with Gasteiger partial charge in [-0.25, -0.2) is 8.42 Å². The molecule has 0 saturated heterocycles. The van der Waals surface area contributed by atoms with Crippen LogP contribution in [0.5, 0.6) is 0 Å². The molecule has 1 atom stereocenters. The Balaban J connectivity index is 2.22. The second kappa shape index (κ2) is 5.58. The van der Waals surface area contributed by atoms with Crippen molar-refractivity contribution in [3.05, 3.63) is 29.8 Å². The van der Waals surface area contributed by atoms with E-state index in [1.807, 2.05) is 0 Å². The Morgan fingerprint density at radius 1 is 1.38 bits per heavy atom. The second-order valence-electron chi connectivity index (χ2n) is 5.22. The Kier molecular flexibility index (Phi) is 4.32. The van der Waals surface area contributed by atoms with Gasteiger partial charge in [0.15, 0.2) is 0 Å². The van der Waals surface area contributed by atoms with E-state index in [2.05, 4.69) is 0 Å². The van der Waals surface area contributed by atoms with Crippen LogP contribution < -0.4 is 0 Å². The van der Waals surface area contributed by atoms with Crippen LogP contribution in [-0.2, 0) is 16.2 Å². The third kappa shape index (κ3) is 3.75. The van der Waals surface area contributed by atoms with Gasteiger partial charge in [0.25, 0.3) is 0 Å². The molecule has 0 amide bonds. The molecule has 2 rings (SSSR count). The first-order valence-corrected chi connectivity index (χ1v) is 7.88. The summed E-state index contributed by atoms with van der Waals surface area (Å²) >= 11 is 0. The standard InChI is InChI=1S/C13H16F3NO3S/c1-17(8-12(18)9-5-6-9)21(19,20)11-4-2-3-10(7-11)13(14,15)16/h2-4,7,9,12,18H,5-6,8H2,1H3/t12-/m1/s1. The molecule has 0 heterocycles. The van der Waals surface area contributed by atoms with E-state index in [4.69, 9.17) is 0 Å². The molecule has 0 spiro atoms. The number of likely N-dealkylation sites (N-methyl/N-ethyl adjacent to an activating group) is 1. The van der Waals surface area contributed by atoms with E-state index in [-0.39, 0.29) is 12.5 Å². The van der Waals surface area contributed by atoms with Crippen LogP contribution in [0.25, 0.3) is 0 Å². The number of hydrogen-bond acceptors (Lipinski definition) is 3. The van der Waals surface area contributed by atoms with Crippen molar-refractivity contribution in [3.8, 4) is 0 Å². The summed E-state index contributed by atoms with van der Waals surface area (Å²) in [5.74, 6) is 0.0872. The van der Waals surface area contributed by atoms with Crippen LogP contribution in [0, 0.1) is 5.92 Å². The van der Waals surface area contributed by atoms with E-state index in [0.29, 0.717) is 6.07 Å². The van der Waals surface area contributed by atoms with Crippen LogP contribution in [0.15, 0.2) is 29.2 Å². The van der Waals surface area contributed by atoms with Crippen LogP contribution in [-0.4, -0.2) is 37.5 Å². The summed E-state index contributed by atoms with van der Waals surface area (Å²) in [7, 11) is -2.80. The SMILES string of the molecule is CN(C[C@@H](O)C1CC1)S(=O)(=O)c1cccc(C(F)(F)F)c1. The van der Waals surface area contributed by atoms with Gasteiger partial charge in [0.05, 0.1) is 16.6 Å². The van der Waals surface area contributed by atoms with Crippen molar-refractivity contribution < 1.29 is 26.7 Å². The van der Waals surface area contributed by atoms with Gasteiger partial charge < -0.3 is 5.11 Å². The molecule has 1 aromatic carbocycles. The smallest absolute Gasteiger partial charge is 0.391 e. The lowest BCUT2D eigenvalue weighted by Gasteiger charge is -2.21. The monoisotopic (exact) mass is 323 g/mol. The van der Waals surface area contributed by atoms with E-state index in [1.165, 1.54) is 7.05 Å². The highest BCUT2D eigenvalue weighted by molar-refractivity contribution is 7.89. The Labute approximate surface area is 121 Å². The highest BCUT2D eigenvalue weighted by Crippen LogP contribution is 2.34. The Morgan fingerprint density at radius 2 is 2.00 bits per heavy atom. The van der Waals surface area contributed by atoms with Crippen molar-refractivity contribution in [2.45, 2.75) is 30.0 Å². The first kappa shape index (κ1) is 16.3. The van der Waals surface area contributed by atoms with Gasteiger partial charge in [0.2, 0.25) is 10.0 Å². The molecule has 0 bridgehead atoms. The topological polar surface area (TPSA) is 57.6 Å². The minimum Gasteiger partial charge on any atom is -0.391 e. The molecule has 1 N–H and O–H groups in total. The average molecular weight is 323 g/mol. The summed E-state index contributed by atoms with van der Waals surface area (Å²) in [6.07, 6.45) is -3.69. The van der Waals surface area contributed by atoms with Crippen molar-refractivity contribution in [3.63, 3.8) is 0 Å². The third-order valence-electron chi connectivity index (χ3n) is 3.48. The lowest BCUT2D eigenvalue weighted by molar-refractivity contribution is -0.137. The van der Waals surface area contributed by atoms with Crippen LogP contribution in [0.3, 0.4) is 0 Å². The number of aliphatic hydroxyl groups is 1. The van der Waals surface area contributed by atoms with Gasteiger partial charge in [-0.15, -0.1) is 0 Å². The summed E-state index contributed by atoms with van der Waals surface area (Å²) in [5, 5.41) is 9.77. The Bertz CT molecular complexity index is 611. The summed E-state index contributed by atoms with van der Waals surface area (Å²) in [6, 6.07) is 3.60. The van der Waals surface area contributed by atoms with Gasteiger partial charge in [-0.3, -0.25) is 0 Å². The number of benzene rings is 1. The van der Waals surface area contributed by atoms with Crippen LogP contribution in [0.2, 0.25) is 0 Å². The largest absolute Gasteiger partial charge is 0.416 e. The Morgan fingerprint density at radius 3 is 2.52 bits per heavy atom. The number of aliphatic hydroxyl groups excluding tert-OH is 1. The highest BCUT2D eigenvalue weighted by atomic mass is 32.2. The van der Waals surface area contributed by atoms with E-state index < -0.39 is 32.8 Å². The van der Waals surface area contributed by atoms with Gasteiger partial charge in [0, 0.05) is 13.6 Å². The van der Waals surface area contributed by atoms with Crippen LogP contribution >= 0.6 is 0 Å². The number of hydrogen-bond donors (Lipinski definition) is 1. The Hall–Kier alpha value is -1.12. The average Bonchev–Trinajstić information content (AvgIpc) is 3.22. The molecule has 1 aliphatic rings. The second-order valence-corrected chi connectivity index (χ2v) is 7.26. The van der Waals surface area contributed by atoms with Gasteiger partial charge in [-0.2, -0.15) is 17.5 Å². The summed E-state index contributed by atoms with van der Waals surface area (Å²) < 4.78 is 63.3. The molecule has 118 valence electrons. The van der Waals surface area contributed by atoms with Crippen LogP contribution in [0.1, 0.15) is 18.4 Å². The quantitative estimate of drug-likeness (QED) is 0.903. The molecule has 1 aromatic rings. The highest BCUT2D eigenvalue weighted by Gasteiger charge is 2.35. The van der Waals surface area contributed by atoms with Gasteiger partial charge in [-0.1, -0.05) is 6.07 Å². The number of alkyl halides is 3. The molecule has 0 aliphatic heterocycles. The molecule has 4 nitrogen and oxygen atoms in total. The predicted molar refractivity (Wildman–Crippen MR) is 70.0 cm³/mol. The maximum absolute atomic E-state index is 12.6.